The molecule has 1 heterocycles. The van der Waals surface area contributed by atoms with E-state index in [4.69, 9.17) is 14.2 Å². The fourth-order valence-electron chi connectivity index (χ4n) is 2.92. The summed E-state index contributed by atoms with van der Waals surface area (Å²) >= 11 is 0. The molecule has 2 aromatic carbocycles. The number of nitrogens with one attached hydrogen (secondary N) is 1. The summed E-state index contributed by atoms with van der Waals surface area (Å²) in [4.78, 5) is 24.9. The molecule has 1 N–H and O–H groups in total. The fraction of sp³-hybridized carbons (Fsp3) is 0.217. The van der Waals surface area contributed by atoms with E-state index in [9.17, 15) is 9.59 Å². The Labute approximate surface area is 174 Å². The normalized spacial score (nSPS) is 10.4. The Morgan fingerprint density at radius 3 is 2.40 bits per heavy atom. The molecule has 7 heteroatoms. The predicted octanol–water partition coefficient (Wildman–Crippen LogP) is 2.91. The van der Waals surface area contributed by atoms with Crippen LogP contribution in [0.1, 0.15) is 21.6 Å². The average molecular weight is 408 g/mol. The third-order valence-electron chi connectivity index (χ3n) is 4.62. The average Bonchev–Trinajstić information content (AvgIpc) is 2.78. The number of pyridine rings is 1. The van der Waals surface area contributed by atoms with Crippen molar-refractivity contribution in [3.8, 4) is 17.2 Å². The van der Waals surface area contributed by atoms with Gasteiger partial charge in [-0.2, -0.15) is 0 Å². The minimum atomic E-state index is -0.284. The van der Waals surface area contributed by atoms with E-state index in [0.717, 1.165) is 5.56 Å². The molecular formula is C23H24N2O5. The van der Waals surface area contributed by atoms with Gasteiger partial charge < -0.3 is 24.1 Å². The van der Waals surface area contributed by atoms with Gasteiger partial charge in [0.1, 0.15) is 6.61 Å². The number of methoxy groups -OCH3 is 2. The molecule has 7 nitrogen and oxygen atoms in total. The van der Waals surface area contributed by atoms with Gasteiger partial charge in [0.25, 0.3) is 5.91 Å². The maximum atomic E-state index is 12.5. The van der Waals surface area contributed by atoms with E-state index in [-0.39, 0.29) is 23.6 Å². The van der Waals surface area contributed by atoms with Crippen LogP contribution in [0.15, 0.2) is 65.6 Å². The molecule has 1 aromatic heterocycles. The van der Waals surface area contributed by atoms with E-state index >= 15 is 0 Å². The molecule has 30 heavy (non-hydrogen) atoms. The first kappa shape index (κ1) is 21.0. The summed E-state index contributed by atoms with van der Waals surface area (Å²) in [7, 11) is 4.84. The number of rotatable bonds is 8. The number of ether oxygens (including phenoxy) is 3. The summed E-state index contributed by atoms with van der Waals surface area (Å²) in [5.74, 6) is 0.990. The number of benzene rings is 2. The third-order valence-corrected chi connectivity index (χ3v) is 4.62. The highest BCUT2D eigenvalue weighted by molar-refractivity contribution is 5.94. The number of hydrogen-bond acceptors (Lipinski definition) is 5. The topological polar surface area (TPSA) is 78.8 Å². The maximum absolute atomic E-state index is 12.5. The molecule has 0 bridgehead atoms. The Balaban J connectivity index is 1.66. The number of carbonyl (C=O) groups is 1. The van der Waals surface area contributed by atoms with E-state index in [0.29, 0.717) is 29.4 Å². The molecule has 156 valence electrons. The van der Waals surface area contributed by atoms with E-state index in [1.165, 1.54) is 20.3 Å². The van der Waals surface area contributed by atoms with Gasteiger partial charge in [-0.1, -0.05) is 30.3 Å². The molecule has 0 aliphatic carbocycles. The van der Waals surface area contributed by atoms with Crippen molar-refractivity contribution in [2.24, 2.45) is 7.05 Å². The van der Waals surface area contributed by atoms with Crippen molar-refractivity contribution in [1.82, 2.24) is 9.88 Å². The zero-order valence-electron chi connectivity index (χ0n) is 17.2. The number of amides is 1. The molecule has 0 aliphatic rings. The van der Waals surface area contributed by atoms with E-state index < -0.39 is 0 Å². The second-order valence-electron chi connectivity index (χ2n) is 6.63. The molecule has 0 aliphatic heterocycles. The lowest BCUT2D eigenvalue weighted by Gasteiger charge is -2.13. The SMILES string of the molecule is COc1ccc(C(=O)NCc2cc(=O)c(OCc3ccccc3)cn2C)cc1OC. The molecule has 3 rings (SSSR count). The summed E-state index contributed by atoms with van der Waals surface area (Å²) in [6.07, 6.45) is 1.63. The number of aromatic nitrogens is 1. The molecule has 0 radical (unpaired) electrons. The van der Waals surface area contributed by atoms with Gasteiger partial charge >= 0.3 is 0 Å². The monoisotopic (exact) mass is 408 g/mol. The zero-order valence-corrected chi connectivity index (χ0v) is 17.2. The van der Waals surface area contributed by atoms with E-state index in [1.807, 2.05) is 30.3 Å². The highest BCUT2D eigenvalue weighted by Crippen LogP contribution is 2.27. The molecule has 0 unspecified atom stereocenters. The Kier molecular flexibility index (Phi) is 6.75. The summed E-state index contributed by atoms with van der Waals surface area (Å²) in [6.45, 7) is 0.503. The van der Waals surface area contributed by atoms with Gasteiger partial charge in [0.15, 0.2) is 17.2 Å². The van der Waals surface area contributed by atoms with Crippen LogP contribution in [-0.2, 0) is 20.2 Å². The first-order valence-corrected chi connectivity index (χ1v) is 9.38. The number of aryl methyl sites for hydroxylation is 1. The van der Waals surface area contributed by atoms with Crippen molar-refractivity contribution in [2.75, 3.05) is 14.2 Å². The van der Waals surface area contributed by atoms with Gasteiger partial charge in [-0.25, -0.2) is 0 Å². The molecule has 1 amide bonds. The highest BCUT2D eigenvalue weighted by Gasteiger charge is 2.12. The van der Waals surface area contributed by atoms with Gasteiger partial charge in [0.2, 0.25) is 5.43 Å². The lowest BCUT2D eigenvalue weighted by molar-refractivity contribution is 0.0949. The van der Waals surface area contributed by atoms with Crippen LogP contribution in [0.2, 0.25) is 0 Å². The van der Waals surface area contributed by atoms with Crippen molar-refractivity contribution < 1.29 is 19.0 Å². The quantitative estimate of drug-likeness (QED) is 0.620. The Bertz CT molecular complexity index is 1080. The molecule has 0 atom stereocenters. The second kappa shape index (κ2) is 9.65. The molecule has 3 aromatic rings. The Hall–Kier alpha value is -3.74. The van der Waals surface area contributed by atoms with Crippen molar-refractivity contribution >= 4 is 5.91 Å². The minimum Gasteiger partial charge on any atom is -0.493 e. The maximum Gasteiger partial charge on any atom is 0.251 e. The van der Waals surface area contributed by atoms with Crippen LogP contribution in [0.5, 0.6) is 17.2 Å². The zero-order chi connectivity index (χ0) is 21.5. The van der Waals surface area contributed by atoms with E-state index in [2.05, 4.69) is 5.32 Å². The van der Waals surface area contributed by atoms with Crippen LogP contribution in [0.4, 0.5) is 0 Å². The minimum absolute atomic E-state index is 0.192. The molecule has 0 saturated heterocycles. The molecule has 0 saturated carbocycles. The van der Waals surface area contributed by atoms with Crippen LogP contribution >= 0.6 is 0 Å². The van der Waals surface area contributed by atoms with Crippen LogP contribution in [0, 0.1) is 0 Å². The largest absolute Gasteiger partial charge is 0.493 e. The van der Waals surface area contributed by atoms with Gasteiger partial charge in [-0.05, 0) is 23.8 Å². The molecule has 0 fully saturated rings. The first-order chi connectivity index (χ1) is 14.5. The molecular weight excluding hydrogens is 384 g/mol. The van der Waals surface area contributed by atoms with Gasteiger partial charge in [0, 0.05) is 24.4 Å². The summed E-state index contributed by atoms with van der Waals surface area (Å²) in [5.41, 5.74) is 1.83. The molecule has 0 spiro atoms. The predicted molar refractivity (Wildman–Crippen MR) is 113 cm³/mol. The second-order valence-corrected chi connectivity index (χ2v) is 6.63. The lowest BCUT2D eigenvalue weighted by atomic mass is 10.2. The first-order valence-electron chi connectivity index (χ1n) is 9.38. The smallest absolute Gasteiger partial charge is 0.251 e. The van der Waals surface area contributed by atoms with Crippen LogP contribution in [-0.4, -0.2) is 24.7 Å². The number of carbonyl (C=O) groups excluding carboxylic acids is 1. The summed E-state index contributed by atoms with van der Waals surface area (Å²) in [5, 5.41) is 2.81. The standard InChI is InChI=1S/C23H24N2O5/c1-25-14-22(30-15-16-7-5-4-6-8-16)19(26)12-18(25)13-24-23(27)17-9-10-20(28-2)21(11-17)29-3/h4-12,14H,13,15H2,1-3H3,(H,24,27). The summed E-state index contributed by atoms with van der Waals surface area (Å²) < 4.78 is 17.8. The lowest BCUT2D eigenvalue weighted by Crippen LogP contribution is -2.25. The highest BCUT2D eigenvalue weighted by atomic mass is 16.5. The van der Waals surface area contributed by atoms with Crippen molar-refractivity contribution in [1.29, 1.82) is 0 Å². The fourth-order valence-corrected chi connectivity index (χ4v) is 2.92. The third kappa shape index (κ3) is 5.00. The van der Waals surface area contributed by atoms with Gasteiger partial charge in [0.05, 0.1) is 27.0 Å². The van der Waals surface area contributed by atoms with Crippen LogP contribution in [0.25, 0.3) is 0 Å². The Morgan fingerprint density at radius 1 is 0.967 bits per heavy atom. The van der Waals surface area contributed by atoms with Crippen LogP contribution in [0.3, 0.4) is 0 Å². The number of nitrogens with zero attached hydrogens (tertiary/aromatic N) is 1. The van der Waals surface area contributed by atoms with Crippen molar-refractivity contribution in [3.63, 3.8) is 0 Å². The van der Waals surface area contributed by atoms with Crippen molar-refractivity contribution in [2.45, 2.75) is 13.2 Å². The summed E-state index contributed by atoms with van der Waals surface area (Å²) in [6, 6.07) is 16.0. The van der Waals surface area contributed by atoms with Crippen molar-refractivity contribution in [3.05, 3.63) is 87.8 Å². The number of hydrogen-bond donors (Lipinski definition) is 1. The van der Waals surface area contributed by atoms with Gasteiger partial charge in [-0.15, -0.1) is 0 Å². The van der Waals surface area contributed by atoms with E-state index in [1.54, 1.807) is 36.0 Å². The Morgan fingerprint density at radius 2 is 1.70 bits per heavy atom. The van der Waals surface area contributed by atoms with Gasteiger partial charge in [-0.3, -0.25) is 9.59 Å². The van der Waals surface area contributed by atoms with Crippen LogP contribution < -0.4 is 25.0 Å².